The maximum Gasteiger partial charge on any atom is 0.178 e. The Morgan fingerprint density at radius 1 is 1.00 bits per heavy atom. The summed E-state index contributed by atoms with van der Waals surface area (Å²) in [5.41, 5.74) is 1.72. The van der Waals surface area contributed by atoms with E-state index in [-0.39, 0.29) is 5.78 Å². The predicted octanol–water partition coefficient (Wildman–Crippen LogP) is 3.37. The largest absolute Gasteiger partial charge is 0.293 e. The molecule has 2 aromatic carbocycles. The van der Waals surface area contributed by atoms with Gasteiger partial charge in [-0.1, -0.05) is 48.0 Å². The van der Waals surface area contributed by atoms with Crippen molar-refractivity contribution in [3.8, 4) is 0 Å². The highest BCUT2D eigenvalue weighted by atomic mass is 32.2. The summed E-state index contributed by atoms with van der Waals surface area (Å²) in [4.78, 5) is 12.9. The van der Waals surface area contributed by atoms with Crippen LogP contribution in [0.5, 0.6) is 0 Å². The molecule has 0 unspecified atom stereocenters. The average Bonchev–Trinajstić information content (AvgIpc) is 2.46. The molecule has 0 aromatic heterocycles. The van der Waals surface area contributed by atoms with E-state index in [1.54, 1.807) is 19.1 Å². The lowest BCUT2D eigenvalue weighted by atomic mass is 10.1. The minimum atomic E-state index is -1.32. The molecular weight excluding hydrogens is 256 g/mol. The molecule has 2 nitrogen and oxygen atoms in total. The molecule has 0 spiro atoms. The monoisotopic (exact) mass is 272 g/mol. The molecule has 3 heteroatoms. The molecule has 0 fully saturated rings. The lowest BCUT2D eigenvalue weighted by molar-refractivity contribution is 0.0992. The third kappa shape index (κ3) is 3.18. The molecular formula is C16H16O2S. The summed E-state index contributed by atoms with van der Waals surface area (Å²) in [5.74, 6) is -0.0838. The zero-order valence-corrected chi connectivity index (χ0v) is 11.8. The van der Waals surface area contributed by atoms with Crippen molar-refractivity contribution in [1.29, 1.82) is 0 Å². The Balaban J connectivity index is 2.20. The first-order chi connectivity index (χ1) is 9.09. The first kappa shape index (κ1) is 13.7. The second-order valence-corrected chi connectivity index (χ2v) is 6.26. The standard InChI is InChI=1S/C16H16O2S/c1-12-8-10-15(11-9-12)19(18)13(2)16(17)14-6-4-3-5-7-14/h3-11,13H,1-2H3/t13-,19-/m1/s1. The van der Waals surface area contributed by atoms with Crippen LogP contribution in [0.15, 0.2) is 59.5 Å². The number of benzene rings is 2. The van der Waals surface area contributed by atoms with Gasteiger partial charge in [-0.15, -0.1) is 0 Å². The summed E-state index contributed by atoms with van der Waals surface area (Å²) < 4.78 is 12.4. The van der Waals surface area contributed by atoms with Crippen LogP contribution >= 0.6 is 0 Å². The first-order valence-electron chi connectivity index (χ1n) is 6.16. The number of hydrogen-bond donors (Lipinski definition) is 0. The van der Waals surface area contributed by atoms with Crippen molar-refractivity contribution < 1.29 is 9.00 Å². The van der Waals surface area contributed by atoms with Gasteiger partial charge in [0, 0.05) is 10.5 Å². The lowest BCUT2D eigenvalue weighted by Gasteiger charge is -2.10. The van der Waals surface area contributed by atoms with Gasteiger partial charge >= 0.3 is 0 Å². The van der Waals surface area contributed by atoms with Gasteiger partial charge in [-0.2, -0.15) is 0 Å². The van der Waals surface area contributed by atoms with Crippen molar-refractivity contribution >= 4 is 16.6 Å². The van der Waals surface area contributed by atoms with Gasteiger partial charge in [0.2, 0.25) is 0 Å². The minimum absolute atomic E-state index is 0.0838. The van der Waals surface area contributed by atoms with E-state index in [0.717, 1.165) is 5.56 Å². The lowest BCUT2D eigenvalue weighted by Crippen LogP contribution is -2.22. The molecule has 0 aliphatic carbocycles. The fourth-order valence-corrected chi connectivity index (χ4v) is 2.95. The number of carbonyl (C=O) groups is 1. The number of hydrogen-bond acceptors (Lipinski definition) is 2. The average molecular weight is 272 g/mol. The highest BCUT2D eigenvalue weighted by Gasteiger charge is 2.22. The molecule has 0 radical (unpaired) electrons. The molecule has 0 amide bonds. The number of aryl methyl sites for hydroxylation is 1. The highest BCUT2D eigenvalue weighted by molar-refractivity contribution is 7.86. The fraction of sp³-hybridized carbons (Fsp3) is 0.188. The topological polar surface area (TPSA) is 34.1 Å². The normalized spacial score (nSPS) is 13.8. The van der Waals surface area contributed by atoms with Gasteiger partial charge in [0.05, 0.1) is 16.0 Å². The van der Waals surface area contributed by atoms with E-state index in [1.165, 1.54) is 0 Å². The van der Waals surface area contributed by atoms with E-state index in [1.807, 2.05) is 49.4 Å². The zero-order valence-electron chi connectivity index (χ0n) is 11.0. The van der Waals surface area contributed by atoms with Gasteiger partial charge in [0.15, 0.2) is 5.78 Å². The van der Waals surface area contributed by atoms with Crippen molar-refractivity contribution in [3.05, 3.63) is 65.7 Å². The SMILES string of the molecule is Cc1ccc([S@](=O)[C@H](C)C(=O)c2ccccc2)cc1. The summed E-state index contributed by atoms with van der Waals surface area (Å²) in [7, 11) is -1.32. The quantitative estimate of drug-likeness (QED) is 0.800. The number of ketones is 1. The molecule has 98 valence electrons. The minimum Gasteiger partial charge on any atom is -0.293 e. The maximum absolute atomic E-state index is 12.4. The summed E-state index contributed by atoms with van der Waals surface area (Å²) in [6.07, 6.45) is 0. The van der Waals surface area contributed by atoms with Crippen molar-refractivity contribution in [2.45, 2.75) is 24.0 Å². The summed E-state index contributed by atoms with van der Waals surface area (Å²) >= 11 is 0. The second-order valence-electron chi connectivity index (χ2n) is 4.48. The van der Waals surface area contributed by atoms with E-state index >= 15 is 0 Å². The van der Waals surface area contributed by atoms with Gasteiger partial charge < -0.3 is 0 Å². The van der Waals surface area contributed by atoms with E-state index in [0.29, 0.717) is 10.5 Å². The van der Waals surface area contributed by atoms with Crippen LogP contribution < -0.4 is 0 Å². The Hall–Kier alpha value is -1.74. The number of carbonyl (C=O) groups excluding carboxylic acids is 1. The Labute approximate surface area is 115 Å². The third-order valence-electron chi connectivity index (χ3n) is 3.00. The Bertz CT molecular complexity index is 588. The molecule has 0 aliphatic rings. The van der Waals surface area contributed by atoms with Gasteiger partial charge in [-0.3, -0.25) is 9.00 Å². The van der Waals surface area contributed by atoms with Gasteiger partial charge in [-0.25, -0.2) is 0 Å². The molecule has 2 rings (SSSR count). The van der Waals surface area contributed by atoms with Crippen LogP contribution in [0.3, 0.4) is 0 Å². The molecule has 19 heavy (non-hydrogen) atoms. The summed E-state index contributed by atoms with van der Waals surface area (Å²) in [5, 5.41) is -0.537. The molecule has 0 bridgehead atoms. The van der Waals surface area contributed by atoms with Crippen LogP contribution in [-0.2, 0) is 10.8 Å². The van der Waals surface area contributed by atoms with Gasteiger partial charge in [0.1, 0.15) is 0 Å². The number of rotatable bonds is 4. The van der Waals surface area contributed by atoms with E-state index in [2.05, 4.69) is 0 Å². The smallest absolute Gasteiger partial charge is 0.178 e. The molecule has 0 N–H and O–H groups in total. The predicted molar refractivity (Wildman–Crippen MR) is 77.8 cm³/mol. The van der Waals surface area contributed by atoms with Crippen LogP contribution in [-0.4, -0.2) is 15.2 Å². The molecule has 0 saturated carbocycles. The maximum atomic E-state index is 12.4. The van der Waals surface area contributed by atoms with Gasteiger partial charge in [0.25, 0.3) is 0 Å². The third-order valence-corrected chi connectivity index (χ3v) is 4.60. The van der Waals surface area contributed by atoms with Crippen molar-refractivity contribution in [3.63, 3.8) is 0 Å². The second kappa shape index (κ2) is 5.93. The Kier molecular flexibility index (Phi) is 4.27. The molecule has 2 atom stereocenters. The van der Waals surface area contributed by atoms with Crippen LogP contribution in [0.1, 0.15) is 22.8 Å². The zero-order chi connectivity index (χ0) is 13.8. The summed E-state index contributed by atoms with van der Waals surface area (Å²) in [6, 6.07) is 16.5. The van der Waals surface area contributed by atoms with Crippen molar-refractivity contribution in [1.82, 2.24) is 0 Å². The van der Waals surface area contributed by atoms with Gasteiger partial charge in [-0.05, 0) is 26.0 Å². The molecule has 0 saturated heterocycles. The molecule has 0 aliphatic heterocycles. The first-order valence-corrected chi connectivity index (χ1v) is 7.37. The molecule has 2 aromatic rings. The Morgan fingerprint density at radius 2 is 1.58 bits per heavy atom. The van der Waals surface area contributed by atoms with Crippen LogP contribution in [0.4, 0.5) is 0 Å². The fourth-order valence-electron chi connectivity index (χ4n) is 1.81. The van der Waals surface area contributed by atoms with E-state index in [9.17, 15) is 9.00 Å². The van der Waals surface area contributed by atoms with Crippen molar-refractivity contribution in [2.24, 2.45) is 0 Å². The summed E-state index contributed by atoms with van der Waals surface area (Å²) in [6.45, 7) is 3.69. The van der Waals surface area contributed by atoms with Crippen LogP contribution in [0.2, 0.25) is 0 Å². The highest BCUT2D eigenvalue weighted by Crippen LogP contribution is 2.16. The molecule has 0 heterocycles. The van der Waals surface area contributed by atoms with E-state index in [4.69, 9.17) is 0 Å². The van der Waals surface area contributed by atoms with Crippen LogP contribution in [0, 0.1) is 6.92 Å². The van der Waals surface area contributed by atoms with Crippen LogP contribution in [0.25, 0.3) is 0 Å². The van der Waals surface area contributed by atoms with E-state index < -0.39 is 16.0 Å². The van der Waals surface area contributed by atoms with Crippen molar-refractivity contribution in [2.75, 3.05) is 0 Å². The Morgan fingerprint density at radius 3 is 2.16 bits per heavy atom. The number of Topliss-reactive ketones (excluding diaryl/α,β-unsaturated/α-hetero) is 1.